The highest BCUT2D eigenvalue weighted by Gasteiger charge is 2.03. The lowest BCUT2D eigenvalue weighted by Crippen LogP contribution is -1.75. The van der Waals surface area contributed by atoms with Crippen molar-refractivity contribution in [2.75, 3.05) is 0 Å². The number of H-pyrrole nitrogens is 1. The molecule has 0 spiro atoms. The van der Waals surface area contributed by atoms with E-state index in [1.54, 1.807) is 17.5 Å². The first-order chi connectivity index (χ1) is 5.36. The standard InChI is InChI=1S/C6H6N4S/c1-4-8-10-6(11-4)5-2-3-7-9-5/h2-3H,1H3,(H,7,9). The minimum atomic E-state index is 0.889. The average Bonchev–Trinajstić information content (AvgIpc) is 2.55. The molecule has 0 atom stereocenters. The molecule has 0 saturated heterocycles. The van der Waals surface area contributed by atoms with Gasteiger partial charge in [-0.1, -0.05) is 11.3 Å². The van der Waals surface area contributed by atoms with Gasteiger partial charge < -0.3 is 0 Å². The number of aromatic amines is 1. The maximum absolute atomic E-state index is 3.96. The third-order valence-corrected chi connectivity index (χ3v) is 2.13. The van der Waals surface area contributed by atoms with Crippen LogP contribution in [0.5, 0.6) is 0 Å². The molecule has 2 rings (SSSR count). The van der Waals surface area contributed by atoms with Crippen LogP contribution < -0.4 is 0 Å². The van der Waals surface area contributed by atoms with Gasteiger partial charge in [0, 0.05) is 6.20 Å². The molecule has 0 aliphatic rings. The fourth-order valence-corrected chi connectivity index (χ4v) is 1.45. The molecular weight excluding hydrogens is 160 g/mol. The van der Waals surface area contributed by atoms with Crippen molar-refractivity contribution in [2.24, 2.45) is 0 Å². The SMILES string of the molecule is Cc1nnc(-c2ccn[nH]2)s1. The zero-order valence-corrected chi connectivity index (χ0v) is 6.72. The van der Waals surface area contributed by atoms with E-state index < -0.39 is 0 Å². The van der Waals surface area contributed by atoms with Crippen LogP contribution >= 0.6 is 11.3 Å². The van der Waals surface area contributed by atoms with Gasteiger partial charge in [0.1, 0.15) is 5.01 Å². The highest BCUT2D eigenvalue weighted by Crippen LogP contribution is 2.19. The Morgan fingerprint density at radius 3 is 2.91 bits per heavy atom. The van der Waals surface area contributed by atoms with Crippen LogP contribution in [0.1, 0.15) is 5.01 Å². The molecular formula is C6H6N4S. The van der Waals surface area contributed by atoms with E-state index in [1.807, 2.05) is 13.0 Å². The van der Waals surface area contributed by atoms with Gasteiger partial charge in [-0.25, -0.2) is 0 Å². The van der Waals surface area contributed by atoms with Gasteiger partial charge in [-0.05, 0) is 13.0 Å². The third kappa shape index (κ3) is 1.14. The van der Waals surface area contributed by atoms with Crippen LogP contribution in [-0.2, 0) is 0 Å². The molecule has 0 aliphatic heterocycles. The van der Waals surface area contributed by atoms with Crippen molar-refractivity contribution < 1.29 is 0 Å². The normalized spacial score (nSPS) is 10.3. The maximum atomic E-state index is 3.96. The topological polar surface area (TPSA) is 54.5 Å². The van der Waals surface area contributed by atoms with Crippen molar-refractivity contribution in [3.63, 3.8) is 0 Å². The molecule has 2 aromatic rings. The summed E-state index contributed by atoms with van der Waals surface area (Å²) in [5.74, 6) is 0. The second-order valence-electron chi connectivity index (χ2n) is 2.10. The van der Waals surface area contributed by atoms with E-state index in [0.717, 1.165) is 15.7 Å². The van der Waals surface area contributed by atoms with Crippen molar-refractivity contribution in [2.45, 2.75) is 6.92 Å². The van der Waals surface area contributed by atoms with Crippen LogP contribution in [0, 0.1) is 6.92 Å². The Morgan fingerprint density at radius 2 is 2.36 bits per heavy atom. The van der Waals surface area contributed by atoms with E-state index in [1.165, 1.54) is 0 Å². The number of aromatic nitrogens is 4. The van der Waals surface area contributed by atoms with E-state index in [4.69, 9.17) is 0 Å². The van der Waals surface area contributed by atoms with E-state index in [2.05, 4.69) is 20.4 Å². The molecule has 2 aromatic heterocycles. The summed E-state index contributed by atoms with van der Waals surface area (Å²) < 4.78 is 0. The molecule has 2 heterocycles. The molecule has 5 heteroatoms. The average molecular weight is 166 g/mol. The fraction of sp³-hybridized carbons (Fsp3) is 0.167. The minimum Gasteiger partial charge on any atom is -0.275 e. The van der Waals surface area contributed by atoms with Gasteiger partial charge in [-0.3, -0.25) is 5.10 Å². The number of rotatable bonds is 1. The summed E-state index contributed by atoms with van der Waals surface area (Å²) in [6.45, 7) is 1.93. The summed E-state index contributed by atoms with van der Waals surface area (Å²) >= 11 is 1.55. The van der Waals surface area contributed by atoms with Crippen molar-refractivity contribution in [1.29, 1.82) is 0 Å². The predicted octanol–water partition coefficient (Wildman–Crippen LogP) is 1.24. The minimum absolute atomic E-state index is 0.889. The predicted molar refractivity (Wildman–Crippen MR) is 42.2 cm³/mol. The number of nitrogens with zero attached hydrogens (tertiary/aromatic N) is 3. The van der Waals surface area contributed by atoms with Gasteiger partial charge in [0.05, 0.1) is 5.69 Å². The molecule has 0 saturated carbocycles. The van der Waals surface area contributed by atoms with E-state index in [-0.39, 0.29) is 0 Å². The Morgan fingerprint density at radius 1 is 1.45 bits per heavy atom. The smallest absolute Gasteiger partial charge is 0.165 e. The molecule has 0 radical (unpaired) electrons. The Labute approximate surface area is 67.3 Å². The Hall–Kier alpha value is -1.23. The molecule has 56 valence electrons. The second-order valence-corrected chi connectivity index (χ2v) is 3.28. The first-order valence-electron chi connectivity index (χ1n) is 3.16. The number of hydrogen-bond donors (Lipinski definition) is 1. The van der Waals surface area contributed by atoms with Gasteiger partial charge >= 0.3 is 0 Å². The van der Waals surface area contributed by atoms with Gasteiger partial charge in [-0.2, -0.15) is 5.10 Å². The first kappa shape index (κ1) is 6.48. The molecule has 4 nitrogen and oxygen atoms in total. The van der Waals surface area contributed by atoms with Gasteiger partial charge in [-0.15, -0.1) is 10.2 Å². The first-order valence-corrected chi connectivity index (χ1v) is 3.98. The zero-order chi connectivity index (χ0) is 7.68. The molecule has 1 N–H and O–H groups in total. The van der Waals surface area contributed by atoms with Crippen molar-refractivity contribution in [3.05, 3.63) is 17.3 Å². The molecule has 0 bridgehead atoms. The van der Waals surface area contributed by atoms with Crippen LogP contribution in [0.2, 0.25) is 0 Å². The summed E-state index contributed by atoms with van der Waals surface area (Å²) in [5, 5.41) is 16.4. The molecule has 0 aromatic carbocycles. The van der Waals surface area contributed by atoms with Crippen molar-refractivity contribution >= 4 is 11.3 Å². The maximum Gasteiger partial charge on any atom is 0.165 e. The highest BCUT2D eigenvalue weighted by molar-refractivity contribution is 7.14. The monoisotopic (exact) mass is 166 g/mol. The van der Waals surface area contributed by atoms with Gasteiger partial charge in [0.15, 0.2) is 5.01 Å². The summed E-state index contributed by atoms with van der Waals surface area (Å²) in [4.78, 5) is 0. The highest BCUT2D eigenvalue weighted by atomic mass is 32.1. The lowest BCUT2D eigenvalue weighted by molar-refractivity contribution is 1.03. The van der Waals surface area contributed by atoms with Crippen LogP contribution in [0.4, 0.5) is 0 Å². The summed E-state index contributed by atoms with van der Waals surface area (Å²) in [6.07, 6.45) is 1.70. The van der Waals surface area contributed by atoms with Crippen molar-refractivity contribution in [1.82, 2.24) is 20.4 Å². The van der Waals surface area contributed by atoms with Crippen LogP contribution in [-0.4, -0.2) is 20.4 Å². The van der Waals surface area contributed by atoms with E-state index in [9.17, 15) is 0 Å². The lowest BCUT2D eigenvalue weighted by Gasteiger charge is -1.82. The Balaban J connectivity index is 2.45. The van der Waals surface area contributed by atoms with Crippen LogP contribution in [0.3, 0.4) is 0 Å². The Bertz CT molecular complexity index is 337. The summed E-state index contributed by atoms with van der Waals surface area (Å²) in [6, 6.07) is 1.87. The zero-order valence-electron chi connectivity index (χ0n) is 5.90. The fourth-order valence-electron chi connectivity index (χ4n) is 0.780. The quantitative estimate of drug-likeness (QED) is 0.693. The van der Waals surface area contributed by atoms with E-state index in [0.29, 0.717) is 0 Å². The Kier molecular flexibility index (Phi) is 1.43. The van der Waals surface area contributed by atoms with Crippen LogP contribution in [0.25, 0.3) is 10.7 Å². The number of nitrogens with one attached hydrogen (secondary N) is 1. The number of aryl methyl sites for hydroxylation is 1. The largest absolute Gasteiger partial charge is 0.275 e. The summed E-state index contributed by atoms with van der Waals surface area (Å²) in [5.41, 5.74) is 0.926. The molecule has 0 unspecified atom stereocenters. The molecule has 0 aliphatic carbocycles. The molecule has 11 heavy (non-hydrogen) atoms. The van der Waals surface area contributed by atoms with E-state index >= 15 is 0 Å². The summed E-state index contributed by atoms with van der Waals surface area (Å²) in [7, 11) is 0. The molecule has 0 amide bonds. The van der Waals surface area contributed by atoms with Gasteiger partial charge in [0.2, 0.25) is 0 Å². The molecule has 0 fully saturated rings. The number of hydrogen-bond acceptors (Lipinski definition) is 4. The lowest BCUT2D eigenvalue weighted by atomic mass is 10.5. The second kappa shape index (κ2) is 2.43. The van der Waals surface area contributed by atoms with Crippen molar-refractivity contribution in [3.8, 4) is 10.7 Å². The third-order valence-electron chi connectivity index (χ3n) is 1.26. The van der Waals surface area contributed by atoms with Gasteiger partial charge in [0.25, 0.3) is 0 Å². The van der Waals surface area contributed by atoms with Crippen LogP contribution in [0.15, 0.2) is 12.3 Å².